The van der Waals surface area contributed by atoms with E-state index in [-0.39, 0.29) is 11.7 Å². The van der Waals surface area contributed by atoms with Gasteiger partial charge in [-0.1, -0.05) is 0 Å². The van der Waals surface area contributed by atoms with E-state index in [4.69, 9.17) is 4.74 Å². The number of carbonyl (C=O) groups is 1. The van der Waals surface area contributed by atoms with Gasteiger partial charge in [0.15, 0.2) is 5.82 Å². The van der Waals surface area contributed by atoms with E-state index in [1.54, 1.807) is 22.9 Å². The molecule has 2 aliphatic rings. The van der Waals surface area contributed by atoms with Crippen molar-refractivity contribution in [1.29, 1.82) is 0 Å². The molecule has 1 saturated heterocycles. The van der Waals surface area contributed by atoms with Gasteiger partial charge in [0, 0.05) is 63.2 Å². The summed E-state index contributed by atoms with van der Waals surface area (Å²) in [5, 5.41) is 9.95. The second-order valence-corrected chi connectivity index (χ2v) is 9.48. The highest BCUT2D eigenvalue weighted by Gasteiger charge is 2.34. The predicted molar refractivity (Wildman–Crippen MR) is 138 cm³/mol. The molecule has 206 valence electrons. The number of carbonyl (C=O) groups excluding carboxylic acids is 1. The zero-order chi connectivity index (χ0) is 27.7. The normalized spacial score (nSPS) is 17.4. The molecule has 2 aromatic heterocycles. The Morgan fingerprint density at radius 1 is 1.08 bits per heavy atom. The molecule has 13 heteroatoms. The number of rotatable bonds is 6. The van der Waals surface area contributed by atoms with Crippen LogP contribution in [0.15, 0.2) is 29.5 Å². The third kappa shape index (κ3) is 5.31. The lowest BCUT2D eigenvalue weighted by Gasteiger charge is -2.37. The molecule has 1 atom stereocenters. The van der Waals surface area contributed by atoms with Crippen LogP contribution in [0, 0.1) is 31.3 Å². The van der Waals surface area contributed by atoms with Crippen LogP contribution < -0.4 is 4.90 Å². The maximum Gasteiger partial charge on any atom is 0.341 e. The van der Waals surface area contributed by atoms with Gasteiger partial charge in [0.05, 0.1) is 31.1 Å². The summed E-state index contributed by atoms with van der Waals surface area (Å²) in [5.74, 6) is -1.60. The summed E-state index contributed by atoms with van der Waals surface area (Å²) in [6.45, 7) is 6.21. The Bertz CT molecular complexity index is 1380. The van der Waals surface area contributed by atoms with Gasteiger partial charge < -0.3 is 14.5 Å². The Hall–Kier alpha value is -4.00. The Balaban J connectivity index is 1.29. The predicted octanol–water partition coefficient (Wildman–Crippen LogP) is 3.70. The minimum Gasteiger partial charge on any atom is -0.383 e. The van der Waals surface area contributed by atoms with Crippen molar-refractivity contribution in [2.45, 2.75) is 32.9 Å². The smallest absolute Gasteiger partial charge is 0.341 e. The van der Waals surface area contributed by atoms with Gasteiger partial charge in [-0.25, -0.2) is 32.9 Å². The third-order valence-electron chi connectivity index (χ3n) is 6.99. The summed E-state index contributed by atoms with van der Waals surface area (Å²) in [5.41, 5.74) is 2.57. The number of nitrogens with zero attached hydrogens (tertiary/aromatic N) is 8. The topological polar surface area (TPSA) is 92.0 Å². The molecule has 0 radical (unpaired) electrons. The first-order chi connectivity index (χ1) is 18.8. The van der Waals surface area contributed by atoms with Crippen molar-refractivity contribution >= 4 is 18.2 Å². The molecular formula is C26H29F3N8O2. The van der Waals surface area contributed by atoms with Crippen LogP contribution in [0.5, 0.6) is 0 Å². The number of piperazine rings is 1. The summed E-state index contributed by atoms with van der Waals surface area (Å²) in [6, 6.07) is 2.29. The van der Waals surface area contributed by atoms with Crippen LogP contribution in [0.1, 0.15) is 29.4 Å². The summed E-state index contributed by atoms with van der Waals surface area (Å²) in [6.07, 6.45) is 3.08. The zero-order valence-corrected chi connectivity index (χ0v) is 21.9. The Labute approximate surface area is 223 Å². The van der Waals surface area contributed by atoms with Gasteiger partial charge in [0.25, 0.3) is 0 Å². The van der Waals surface area contributed by atoms with Gasteiger partial charge >= 0.3 is 6.03 Å². The van der Waals surface area contributed by atoms with E-state index in [2.05, 4.69) is 20.2 Å². The largest absolute Gasteiger partial charge is 0.383 e. The minimum absolute atomic E-state index is 0.175. The van der Waals surface area contributed by atoms with E-state index in [0.717, 1.165) is 18.0 Å². The number of benzene rings is 1. The number of anilines is 1. The zero-order valence-electron chi connectivity index (χ0n) is 21.9. The van der Waals surface area contributed by atoms with Gasteiger partial charge in [-0.05, 0) is 31.5 Å². The monoisotopic (exact) mass is 542 g/mol. The van der Waals surface area contributed by atoms with Gasteiger partial charge in [-0.15, -0.1) is 0 Å². The molecule has 5 rings (SSSR count). The third-order valence-corrected chi connectivity index (χ3v) is 6.99. The number of halogens is 3. The fourth-order valence-corrected chi connectivity index (χ4v) is 5.01. The van der Waals surface area contributed by atoms with Crippen molar-refractivity contribution < 1.29 is 22.7 Å². The summed E-state index contributed by atoms with van der Waals surface area (Å²) < 4.78 is 49.4. The van der Waals surface area contributed by atoms with Crippen LogP contribution in [-0.2, 0) is 11.3 Å². The lowest BCUT2D eigenvalue weighted by molar-refractivity contribution is 0.139. The standard InChI is InChI=1S/C26H29F3N8O2/c1-16-23(17(2)36(33-16)10-11-39-3)24-21(29)15-30-25(32-24)34-6-8-35(9-7-34)26(38)37-22(4-5-31-37)18-12-19(27)14-20(28)13-18/h5,12-15,22H,4,6-11H2,1-3H3. The molecule has 10 nitrogen and oxygen atoms in total. The molecule has 1 unspecified atom stereocenters. The first-order valence-electron chi connectivity index (χ1n) is 12.6. The molecule has 39 heavy (non-hydrogen) atoms. The van der Waals surface area contributed by atoms with Crippen molar-refractivity contribution in [3.05, 3.63) is 58.8 Å². The van der Waals surface area contributed by atoms with E-state index in [1.807, 2.05) is 18.7 Å². The molecule has 4 heterocycles. The number of hydrogen-bond acceptors (Lipinski definition) is 7. The maximum absolute atomic E-state index is 14.9. The average molecular weight is 543 g/mol. The minimum atomic E-state index is -0.704. The van der Waals surface area contributed by atoms with Crippen molar-refractivity contribution in [3.8, 4) is 11.3 Å². The number of hydrogen-bond donors (Lipinski definition) is 0. The Kier molecular flexibility index (Phi) is 7.51. The number of hydrazone groups is 1. The van der Waals surface area contributed by atoms with Crippen LogP contribution in [0.2, 0.25) is 0 Å². The number of ether oxygens (including phenoxy) is 1. The Morgan fingerprint density at radius 3 is 2.49 bits per heavy atom. The first kappa shape index (κ1) is 26.6. The lowest BCUT2D eigenvalue weighted by Crippen LogP contribution is -2.52. The highest BCUT2D eigenvalue weighted by molar-refractivity contribution is 5.79. The number of aryl methyl sites for hydroxylation is 1. The van der Waals surface area contributed by atoms with E-state index >= 15 is 0 Å². The van der Waals surface area contributed by atoms with E-state index in [0.29, 0.717) is 68.5 Å². The highest BCUT2D eigenvalue weighted by atomic mass is 19.1. The first-order valence-corrected chi connectivity index (χ1v) is 12.6. The molecule has 3 aromatic rings. The van der Waals surface area contributed by atoms with Gasteiger partial charge in [-0.3, -0.25) is 4.68 Å². The van der Waals surface area contributed by atoms with Crippen molar-refractivity contribution in [3.63, 3.8) is 0 Å². The van der Waals surface area contributed by atoms with Gasteiger partial charge in [0.1, 0.15) is 17.3 Å². The molecule has 0 spiro atoms. The van der Waals surface area contributed by atoms with E-state index in [9.17, 15) is 18.0 Å². The van der Waals surface area contributed by atoms with Crippen LogP contribution in [0.4, 0.5) is 23.9 Å². The Morgan fingerprint density at radius 2 is 1.79 bits per heavy atom. The van der Waals surface area contributed by atoms with E-state index in [1.165, 1.54) is 17.1 Å². The number of aromatic nitrogens is 4. The molecule has 1 fully saturated rings. The molecule has 0 N–H and O–H groups in total. The summed E-state index contributed by atoms with van der Waals surface area (Å²) in [4.78, 5) is 25.5. The molecule has 0 aliphatic carbocycles. The molecule has 1 aromatic carbocycles. The number of urea groups is 1. The fourth-order valence-electron chi connectivity index (χ4n) is 5.01. The lowest BCUT2D eigenvalue weighted by atomic mass is 10.0. The second-order valence-electron chi connectivity index (χ2n) is 9.48. The van der Waals surface area contributed by atoms with Crippen molar-refractivity contribution in [1.82, 2.24) is 29.7 Å². The molecule has 2 amide bonds. The summed E-state index contributed by atoms with van der Waals surface area (Å²) >= 11 is 0. The van der Waals surface area contributed by atoms with Crippen LogP contribution in [0.25, 0.3) is 11.3 Å². The molecule has 2 aliphatic heterocycles. The van der Waals surface area contributed by atoms with Crippen molar-refractivity contribution in [2.24, 2.45) is 5.10 Å². The fraction of sp³-hybridized carbons (Fsp3) is 0.423. The quantitative estimate of drug-likeness (QED) is 0.472. The van der Waals surface area contributed by atoms with Crippen LogP contribution >= 0.6 is 0 Å². The second kappa shape index (κ2) is 11.0. The number of methoxy groups -OCH3 is 1. The summed E-state index contributed by atoms with van der Waals surface area (Å²) in [7, 11) is 1.61. The van der Waals surface area contributed by atoms with Crippen LogP contribution in [0.3, 0.4) is 0 Å². The van der Waals surface area contributed by atoms with E-state index < -0.39 is 23.5 Å². The SMILES string of the molecule is COCCn1nc(C)c(-c2nc(N3CCN(C(=O)N4N=CCC4c4cc(F)cc(F)c4)CC3)ncc2F)c1C. The number of amides is 2. The van der Waals surface area contributed by atoms with Gasteiger partial charge in [-0.2, -0.15) is 10.2 Å². The van der Waals surface area contributed by atoms with Gasteiger partial charge in [0.2, 0.25) is 5.95 Å². The van der Waals surface area contributed by atoms with Crippen molar-refractivity contribution in [2.75, 3.05) is 44.8 Å². The van der Waals surface area contributed by atoms with Crippen LogP contribution in [-0.4, -0.2) is 81.8 Å². The molecular weight excluding hydrogens is 513 g/mol. The molecule has 0 bridgehead atoms. The maximum atomic E-state index is 14.9. The average Bonchev–Trinajstić information content (AvgIpc) is 3.51. The molecule has 0 saturated carbocycles. The highest BCUT2D eigenvalue weighted by Crippen LogP contribution is 2.31.